The van der Waals surface area contributed by atoms with Crippen molar-refractivity contribution in [3.05, 3.63) is 12.2 Å². The second kappa shape index (κ2) is 6.76. The molecule has 0 unspecified atom stereocenters. The van der Waals surface area contributed by atoms with Gasteiger partial charge in [-0.25, -0.2) is 4.79 Å². The third-order valence-electron chi connectivity index (χ3n) is 4.30. The van der Waals surface area contributed by atoms with Crippen molar-refractivity contribution in [1.29, 1.82) is 0 Å². The smallest absolute Gasteiger partial charge is 0.325 e. The number of carbonyl (C=O) groups excluding carboxylic acids is 3. The number of hydrogen-bond acceptors (Lipinski definition) is 5. The number of urea groups is 1. The van der Waals surface area contributed by atoms with Crippen LogP contribution in [0, 0.1) is 0 Å². The Morgan fingerprint density at radius 3 is 2.78 bits per heavy atom. The molecule has 3 rings (SSSR count). The first-order valence-corrected chi connectivity index (χ1v) is 7.88. The van der Waals surface area contributed by atoms with Gasteiger partial charge in [0.05, 0.1) is 13.1 Å². The molecule has 2 fully saturated rings. The highest BCUT2D eigenvalue weighted by atomic mass is 16.2. The van der Waals surface area contributed by atoms with Gasteiger partial charge in [-0.2, -0.15) is 0 Å². The first-order valence-electron chi connectivity index (χ1n) is 7.88. The Hall–Kier alpha value is -2.45. The van der Waals surface area contributed by atoms with E-state index in [0.717, 1.165) is 17.7 Å². The maximum atomic E-state index is 11.9. The van der Waals surface area contributed by atoms with Crippen molar-refractivity contribution in [3.63, 3.8) is 0 Å². The number of aromatic nitrogens is 3. The molecule has 4 amide bonds. The van der Waals surface area contributed by atoms with Crippen molar-refractivity contribution in [2.24, 2.45) is 0 Å². The van der Waals surface area contributed by atoms with Crippen LogP contribution in [-0.4, -0.2) is 50.6 Å². The van der Waals surface area contributed by atoms with Crippen LogP contribution < -0.4 is 10.6 Å². The molecule has 0 atom stereocenters. The molecule has 9 heteroatoms. The average Bonchev–Trinajstić information content (AvgIpc) is 3.15. The zero-order valence-corrected chi connectivity index (χ0v) is 12.8. The fraction of sp³-hybridized carbons (Fsp3) is 0.643. The normalized spacial score (nSPS) is 19.0. The van der Waals surface area contributed by atoms with E-state index in [0.29, 0.717) is 11.9 Å². The average molecular weight is 320 g/mol. The van der Waals surface area contributed by atoms with Crippen LogP contribution in [0.1, 0.15) is 44.0 Å². The van der Waals surface area contributed by atoms with Crippen molar-refractivity contribution < 1.29 is 14.4 Å². The van der Waals surface area contributed by atoms with Crippen molar-refractivity contribution in [2.45, 2.75) is 44.7 Å². The molecule has 124 valence electrons. The van der Waals surface area contributed by atoms with Gasteiger partial charge < -0.3 is 15.2 Å². The van der Waals surface area contributed by atoms with E-state index in [1.54, 1.807) is 6.33 Å². The zero-order valence-electron chi connectivity index (χ0n) is 12.8. The van der Waals surface area contributed by atoms with E-state index in [2.05, 4.69) is 20.8 Å². The standard InChI is InChI=1S/C14H20N6O3/c21-12(8-19-13(22)7-16-14(19)23)15-6-11-18-17-9-20(11)10-4-2-1-3-5-10/h9-10H,1-8H2,(H,15,21)(H,16,23). The van der Waals surface area contributed by atoms with E-state index in [1.165, 1.54) is 19.3 Å². The van der Waals surface area contributed by atoms with Gasteiger partial charge in [-0.15, -0.1) is 10.2 Å². The first kappa shape index (κ1) is 15.4. The van der Waals surface area contributed by atoms with Gasteiger partial charge >= 0.3 is 6.03 Å². The van der Waals surface area contributed by atoms with E-state index >= 15 is 0 Å². The molecule has 9 nitrogen and oxygen atoms in total. The summed E-state index contributed by atoms with van der Waals surface area (Å²) in [5.74, 6) is -0.0911. The van der Waals surface area contributed by atoms with E-state index in [1.807, 2.05) is 4.57 Å². The van der Waals surface area contributed by atoms with Crippen LogP contribution in [0.3, 0.4) is 0 Å². The largest absolute Gasteiger partial charge is 0.347 e. The van der Waals surface area contributed by atoms with Crippen molar-refractivity contribution in [1.82, 2.24) is 30.3 Å². The maximum absolute atomic E-state index is 11.9. The Balaban J connectivity index is 1.54. The van der Waals surface area contributed by atoms with E-state index < -0.39 is 17.8 Å². The number of hydrogen-bond donors (Lipinski definition) is 2. The minimum Gasteiger partial charge on any atom is -0.347 e. The van der Waals surface area contributed by atoms with Gasteiger partial charge in [0.1, 0.15) is 12.9 Å². The molecule has 2 aliphatic rings. The predicted molar refractivity (Wildman–Crippen MR) is 79.1 cm³/mol. The lowest BCUT2D eigenvalue weighted by Gasteiger charge is -2.24. The predicted octanol–water partition coefficient (Wildman–Crippen LogP) is -0.0487. The summed E-state index contributed by atoms with van der Waals surface area (Å²) < 4.78 is 2.02. The van der Waals surface area contributed by atoms with Crippen molar-refractivity contribution in [2.75, 3.05) is 13.1 Å². The summed E-state index contributed by atoms with van der Waals surface area (Å²) in [7, 11) is 0. The third kappa shape index (κ3) is 3.49. The lowest BCUT2D eigenvalue weighted by Crippen LogP contribution is -2.41. The summed E-state index contributed by atoms with van der Waals surface area (Å²) in [4.78, 5) is 35.7. The molecule has 0 spiro atoms. The molecular formula is C14H20N6O3. The number of amides is 4. The monoisotopic (exact) mass is 320 g/mol. The molecule has 0 radical (unpaired) electrons. The molecule has 2 heterocycles. The number of rotatable bonds is 5. The number of nitrogens with zero attached hydrogens (tertiary/aromatic N) is 4. The van der Waals surface area contributed by atoms with Crippen LogP contribution in [0.25, 0.3) is 0 Å². The molecule has 1 aromatic rings. The van der Waals surface area contributed by atoms with Gasteiger partial charge in [0, 0.05) is 6.04 Å². The molecule has 1 aliphatic heterocycles. The fourth-order valence-electron chi connectivity index (χ4n) is 3.05. The molecule has 0 bridgehead atoms. The fourth-order valence-corrected chi connectivity index (χ4v) is 3.05. The molecule has 1 aliphatic carbocycles. The van der Waals surface area contributed by atoms with E-state index in [4.69, 9.17) is 0 Å². The topological polar surface area (TPSA) is 109 Å². The molecule has 23 heavy (non-hydrogen) atoms. The first-order chi connectivity index (χ1) is 11.1. The minimum atomic E-state index is -0.532. The van der Waals surface area contributed by atoms with E-state index in [-0.39, 0.29) is 19.6 Å². The van der Waals surface area contributed by atoms with Gasteiger partial charge in [0.15, 0.2) is 5.82 Å². The highest BCUT2D eigenvalue weighted by molar-refractivity contribution is 6.04. The Labute approximate surface area is 133 Å². The van der Waals surface area contributed by atoms with Crippen molar-refractivity contribution in [3.8, 4) is 0 Å². The Morgan fingerprint density at radius 2 is 2.09 bits per heavy atom. The van der Waals surface area contributed by atoms with Crippen LogP contribution in [0.5, 0.6) is 0 Å². The van der Waals surface area contributed by atoms with Gasteiger partial charge in [0.25, 0.3) is 5.91 Å². The molecule has 2 N–H and O–H groups in total. The van der Waals surface area contributed by atoms with Gasteiger partial charge in [-0.1, -0.05) is 19.3 Å². The summed E-state index contributed by atoms with van der Waals surface area (Å²) >= 11 is 0. The zero-order chi connectivity index (χ0) is 16.2. The lowest BCUT2D eigenvalue weighted by molar-refractivity contribution is -0.130. The van der Waals surface area contributed by atoms with Crippen LogP contribution in [-0.2, 0) is 16.1 Å². The number of imide groups is 1. The second-order valence-corrected chi connectivity index (χ2v) is 5.86. The highest BCUT2D eigenvalue weighted by Crippen LogP contribution is 2.28. The SMILES string of the molecule is O=C(CN1C(=O)CNC1=O)NCc1nncn1C1CCCCC1. The lowest BCUT2D eigenvalue weighted by atomic mass is 9.95. The van der Waals surface area contributed by atoms with Crippen LogP contribution in [0.15, 0.2) is 6.33 Å². The van der Waals surface area contributed by atoms with E-state index in [9.17, 15) is 14.4 Å². The summed E-state index contributed by atoms with van der Waals surface area (Å²) in [6.45, 7) is -0.0939. The third-order valence-corrected chi connectivity index (χ3v) is 4.30. The molecule has 1 saturated heterocycles. The number of carbonyl (C=O) groups is 3. The molecule has 0 aromatic carbocycles. The molecule has 1 saturated carbocycles. The van der Waals surface area contributed by atoms with Crippen LogP contribution in [0.4, 0.5) is 4.79 Å². The van der Waals surface area contributed by atoms with Crippen LogP contribution >= 0.6 is 0 Å². The van der Waals surface area contributed by atoms with Gasteiger partial charge in [-0.3, -0.25) is 14.5 Å². The summed E-state index contributed by atoms with van der Waals surface area (Å²) in [5.41, 5.74) is 0. The van der Waals surface area contributed by atoms with Gasteiger partial charge in [-0.05, 0) is 12.8 Å². The quantitative estimate of drug-likeness (QED) is 0.739. The Morgan fingerprint density at radius 1 is 1.30 bits per heavy atom. The number of nitrogens with one attached hydrogen (secondary N) is 2. The molecular weight excluding hydrogens is 300 g/mol. The van der Waals surface area contributed by atoms with Gasteiger partial charge in [0.2, 0.25) is 5.91 Å². The Bertz CT molecular complexity index is 591. The summed E-state index contributed by atoms with van der Waals surface area (Å²) in [5, 5.41) is 13.1. The minimum absolute atomic E-state index is 0.0535. The second-order valence-electron chi connectivity index (χ2n) is 5.86. The Kier molecular flexibility index (Phi) is 4.54. The maximum Gasteiger partial charge on any atom is 0.325 e. The van der Waals surface area contributed by atoms with Crippen molar-refractivity contribution >= 4 is 17.8 Å². The molecule has 1 aromatic heterocycles. The summed E-state index contributed by atoms with van der Waals surface area (Å²) in [6.07, 6.45) is 7.55. The highest BCUT2D eigenvalue weighted by Gasteiger charge is 2.30. The van der Waals surface area contributed by atoms with Crippen LogP contribution in [0.2, 0.25) is 0 Å². The summed E-state index contributed by atoms with van der Waals surface area (Å²) in [6, 6.07) is -0.146.